The average Bonchev–Trinajstić information content (AvgIpc) is 2.98. The molecule has 0 saturated carbocycles. The number of halogens is 1. The highest BCUT2D eigenvalue weighted by molar-refractivity contribution is 7.91. The third-order valence-electron chi connectivity index (χ3n) is 5.39. The molecular weight excluding hydrogens is 488 g/mol. The van der Waals surface area contributed by atoms with Crippen LogP contribution in [0.4, 0.5) is 5.69 Å². The number of rotatable bonds is 4. The lowest BCUT2D eigenvalue weighted by Crippen LogP contribution is -2.23. The third kappa shape index (κ3) is 4.57. The fourth-order valence-electron chi connectivity index (χ4n) is 3.58. The number of anilines is 1. The Kier molecular flexibility index (Phi) is 6.12. The number of carbonyl (C=O) groups excluding carboxylic acids is 2. The van der Waals surface area contributed by atoms with Gasteiger partial charge in [0.2, 0.25) is 0 Å². The Morgan fingerprint density at radius 2 is 1.83 bits per heavy atom. The van der Waals surface area contributed by atoms with Crippen LogP contribution in [0.2, 0.25) is 5.02 Å². The van der Waals surface area contributed by atoms with Gasteiger partial charge in [-0.3, -0.25) is 9.59 Å². The van der Waals surface area contributed by atoms with Crippen LogP contribution in [0.15, 0.2) is 82.8 Å². The Hall–Kier alpha value is -3.92. The molecule has 1 unspecified atom stereocenters. The zero-order chi connectivity index (χ0) is 24.5. The minimum Gasteiger partial charge on any atom is -0.606 e. The molecule has 174 valence electrons. The first-order valence-corrected chi connectivity index (χ1v) is 12.0. The fourth-order valence-corrected chi connectivity index (χ4v) is 5.06. The molecule has 1 atom stereocenters. The fraction of sp³-hybridized carbons (Fsp3) is 0.0400. The number of hydrogen-bond acceptors (Lipinski definition) is 6. The molecule has 4 aromatic rings. The van der Waals surface area contributed by atoms with Gasteiger partial charge in [0.05, 0.1) is 16.3 Å². The summed E-state index contributed by atoms with van der Waals surface area (Å²) in [5.74, 6) is -0.346. The molecule has 2 amide bonds. The van der Waals surface area contributed by atoms with Gasteiger partial charge in [-0.15, -0.1) is 0 Å². The van der Waals surface area contributed by atoms with E-state index in [1.54, 1.807) is 60.9 Å². The highest BCUT2D eigenvalue weighted by Crippen LogP contribution is 2.34. The first-order valence-electron chi connectivity index (χ1n) is 10.4. The van der Waals surface area contributed by atoms with Crippen LogP contribution < -0.4 is 10.6 Å². The first-order chi connectivity index (χ1) is 16.9. The van der Waals surface area contributed by atoms with E-state index in [-0.39, 0.29) is 29.1 Å². The molecule has 3 aromatic carbocycles. The lowest BCUT2D eigenvalue weighted by molar-refractivity contribution is 0.0949. The minimum absolute atomic E-state index is 0.0251. The molecule has 1 aliphatic heterocycles. The van der Waals surface area contributed by atoms with Gasteiger partial charge in [0, 0.05) is 46.8 Å². The average molecular weight is 505 g/mol. The highest BCUT2D eigenvalue weighted by Gasteiger charge is 2.30. The summed E-state index contributed by atoms with van der Waals surface area (Å²) >= 11 is 4.38. The predicted molar refractivity (Wildman–Crippen MR) is 131 cm³/mol. The maximum atomic E-state index is 13.0. The number of phenols is 1. The number of fused-ring (bicyclic) bond motifs is 2. The van der Waals surface area contributed by atoms with E-state index in [1.165, 1.54) is 12.1 Å². The molecule has 35 heavy (non-hydrogen) atoms. The summed E-state index contributed by atoms with van der Waals surface area (Å²) in [5.41, 5.74) is 2.30. The van der Waals surface area contributed by atoms with Crippen LogP contribution in [0.5, 0.6) is 5.75 Å². The number of amides is 2. The number of nitrogens with zero attached hydrogens (tertiary/aromatic N) is 2. The molecule has 0 aliphatic carbocycles. The third-order valence-corrected chi connectivity index (χ3v) is 7.20. The van der Waals surface area contributed by atoms with E-state index in [0.29, 0.717) is 43.6 Å². The number of phenolic OH excluding ortho intramolecular Hbond substituents is 1. The van der Waals surface area contributed by atoms with E-state index < -0.39 is 11.2 Å². The van der Waals surface area contributed by atoms with Crippen molar-refractivity contribution in [2.45, 2.75) is 16.3 Å². The second kappa shape index (κ2) is 9.38. The van der Waals surface area contributed by atoms with Crippen molar-refractivity contribution >= 4 is 40.3 Å². The van der Waals surface area contributed by atoms with Gasteiger partial charge >= 0.3 is 0 Å². The molecule has 8 nitrogen and oxygen atoms in total. The van der Waals surface area contributed by atoms with Gasteiger partial charge in [0.15, 0.2) is 15.6 Å². The Morgan fingerprint density at radius 1 is 1.06 bits per heavy atom. The van der Waals surface area contributed by atoms with Crippen LogP contribution in [0.1, 0.15) is 26.3 Å². The van der Waals surface area contributed by atoms with E-state index in [2.05, 4.69) is 20.6 Å². The lowest BCUT2D eigenvalue weighted by Gasteiger charge is -2.12. The summed E-state index contributed by atoms with van der Waals surface area (Å²) in [7, 11) is 0. The quantitative estimate of drug-likeness (QED) is 0.358. The van der Waals surface area contributed by atoms with Gasteiger partial charge in [-0.1, -0.05) is 23.7 Å². The van der Waals surface area contributed by atoms with Gasteiger partial charge in [-0.25, -0.2) is 9.97 Å². The molecule has 1 aliphatic rings. The molecular formula is C25H17ClN4O4S. The number of aromatic hydroxyl groups is 1. The van der Waals surface area contributed by atoms with Crippen molar-refractivity contribution in [2.24, 2.45) is 0 Å². The topological polar surface area (TPSA) is 127 Å². The van der Waals surface area contributed by atoms with E-state index >= 15 is 0 Å². The molecule has 0 saturated heterocycles. The first kappa shape index (κ1) is 22.9. The van der Waals surface area contributed by atoms with Crippen molar-refractivity contribution in [2.75, 3.05) is 5.32 Å². The molecule has 3 N–H and O–H groups in total. The maximum absolute atomic E-state index is 13.0. The zero-order valence-electron chi connectivity index (χ0n) is 18.0. The van der Waals surface area contributed by atoms with Crippen molar-refractivity contribution in [3.63, 3.8) is 0 Å². The monoisotopic (exact) mass is 504 g/mol. The largest absolute Gasteiger partial charge is 0.606 e. The second-order valence-electron chi connectivity index (χ2n) is 7.69. The van der Waals surface area contributed by atoms with E-state index in [4.69, 9.17) is 11.6 Å². The van der Waals surface area contributed by atoms with Gasteiger partial charge in [0.25, 0.3) is 11.8 Å². The second-order valence-corrected chi connectivity index (χ2v) is 9.52. The van der Waals surface area contributed by atoms with Gasteiger partial charge in [-0.2, -0.15) is 0 Å². The van der Waals surface area contributed by atoms with Gasteiger partial charge in [-0.05, 0) is 48.5 Å². The lowest BCUT2D eigenvalue weighted by atomic mass is 10.1. The van der Waals surface area contributed by atoms with E-state index in [1.807, 2.05) is 0 Å². The number of aromatic nitrogens is 2. The van der Waals surface area contributed by atoms with Crippen LogP contribution in [0, 0.1) is 0 Å². The standard InChI is InChI=1S/C25H17ClN4O4S/c26-18-9-15(5-7-20(18)31)23-27-11-14(12-28-23)13-29-24(32)16-6-8-22-19(10-16)30-25(33)17-3-1-2-4-21(17)35(22)34/h1-12,31H,13H2,(H,29,32)(H,30,33). The van der Waals surface area contributed by atoms with Crippen molar-refractivity contribution in [3.05, 3.63) is 94.8 Å². The maximum Gasteiger partial charge on any atom is 0.260 e. The SMILES string of the molecule is O=C(NCc1cnc(-c2ccc(O)c(Cl)c2)nc1)c1ccc2c(c1)NC(=O)c1ccccc1[S+]2[O-]. The molecule has 0 radical (unpaired) electrons. The molecule has 0 spiro atoms. The highest BCUT2D eigenvalue weighted by atomic mass is 35.5. The summed E-state index contributed by atoms with van der Waals surface area (Å²) in [6.45, 7) is 0.177. The van der Waals surface area contributed by atoms with Crippen LogP contribution in [0.25, 0.3) is 11.4 Å². The number of carbonyl (C=O) groups is 2. The Morgan fingerprint density at radius 3 is 2.60 bits per heavy atom. The van der Waals surface area contributed by atoms with Crippen molar-refractivity contribution in [1.82, 2.24) is 15.3 Å². The number of benzene rings is 3. The number of nitrogens with one attached hydrogen (secondary N) is 2. The van der Waals surface area contributed by atoms with Crippen molar-refractivity contribution in [3.8, 4) is 17.1 Å². The van der Waals surface area contributed by atoms with Crippen LogP contribution in [-0.4, -0.2) is 31.4 Å². The molecule has 1 aromatic heterocycles. The minimum atomic E-state index is -1.56. The number of hydrogen-bond donors (Lipinski definition) is 3. The Bertz CT molecular complexity index is 1460. The van der Waals surface area contributed by atoms with Crippen LogP contribution >= 0.6 is 11.6 Å². The predicted octanol–water partition coefficient (Wildman–Crippen LogP) is 4.17. The normalized spacial score (nSPS) is 14.3. The van der Waals surface area contributed by atoms with E-state index in [0.717, 1.165) is 0 Å². The van der Waals surface area contributed by atoms with Gasteiger partial charge in [0.1, 0.15) is 5.75 Å². The Balaban J connectivity index is 1.29. The summed E-state index contributed by atoms with van der Waals surface area (Å²) in [5, 5.41) is 15.3. The molecule has 5 rings (SSSR count). The van der Waals surface area contributed by atoms with Crippen molar-refractivity contribution in [1.29, 1.82) is 0 Å². The van der Waals surface area contributed by atoms with Gasteiger partial charge < -0.3 is 20.3 Å². The summed E-state index contributed by atoms with van der Waals surface area (Å²) in [4.78, 5) is 34.8. The molecule has 10 heteroatoms. The molecule has 2 heterocycles. The van der Waals surface area contributed by atoms with Crippen LogP contribution in [0.3, 0.4) is 0 Å². The van der Waals surface area contributed by atoms with E-state index in [9.17, 15) is 19.2 Å². The van der Waals surface area contributed by atoms with Crippen molar-refractivity contribution < 1.29 is 19.2 Å². The zero-order valence-corrected chi connectivity index (χ0v) is 19.6. The molecule has 0 bridgehead atoms. The summed E-state index contributed by atoms with van der Waals surface area (Å²) in [6.07, 6.45) is 3.17. The summed E-state index contributed by atoms with van der Waals surface area (Å²) < 4.78 is 13.0. The summed E-state index contributed by atoms with van der Waals surface area (Å²) in [6, 6.07) is 16.1. The Labute approximate surface area is 208 Å². The van der Waals surface area contributed by atoms with Crippen LogP contribution in [-0.2, 0) is 17.7 Å². The smallest absolute Gasteiger partial charge is 0.260 e. The molecule has 0 fully saturated rings.